The van der Waals surface area contributed by atoms with E-state index < -0.39 is 5.82 Å². The second-order valence-electron chi connectivity index (χ2n) is 3.81. The fourth-order valence-electron chi connectivity index (χ4n) is 1.78. The molecule has 0 saturated carbocycles. The first-order chi connectivity index (χ1) is 8.66. The van der Waals surface area contributed by atoms with E-state index in [0.717, 1.165) is 0 Å². The van der Waals surface area contributed by atoms with Gasteiger partial charge in [0, 0.05) is 0 Å². The molecule has 0 spiro atoms. The zero-order chi connectivity index (χ0) is 12.7. The summed E-state index contributed by atoms with van der Waals surface area (Å²) < 4.78 is 19.2. The number of halogens is 2. The molecule has 0 bridgehead atoms. The van der Waals surface area contributed by atoms with Crippen LogP contribution in [0.2, 0.25) is 5.02 Å². The summed E-state index contributed by atoms with van der Waals surface area (Å²) >= 11 is 5.96. The molecule has 5 heteroatoms. The van der Waals surface area contributed by atoms with Gasteiger partial charge in [-0.25, -0.2) is 9.37 Å². The van der Waals surface area contributed by atoms with Crippen LogP contribution in [-0.2, 0) is 0 Å². The summed E-state index contributed by atoms with van der Waals surface area (Å²) in [7, 11) is 0. The molecule has 3 nitrogen and oxygen atoms in total. The highest BCUT2D eigenvalue weighted by Gasteiger charge is 2.16. The van der Waals surface area contributed by atoms with E-state index in [1.807, 2.05) is 0 Å². The number of nitrogens with zero attached hydrogens (tertiary/aromatic N) is 1. The third kappa shape index (κ3) is 1.62. The molecule has 0 aliphatic heterocycles. The summed E-state index contributed by atoms with van der Waals surface area (Å²) in [5, 5.41) is 0.250. The Morgan fingerprint density at radius 2 is 1.94 bits per heavy atom. The lowest BCUT2D eigenvalue weighted by atomic mass is 10.2. The Hall–Kier alpha value is -2.07. The monoisotopic (exact) mass is 262 g/mol. The van der Waals surface area contributed by atoms with E-state index in [4.69, 9.17) is 21.8 Å². The van der Waals surface area contributed by atoms with Crippen LogP contribution in [0.4, 0.5) is 10.1 Å². The van der Waals surface area contributed by atoms with E-state index >= 15 is 0 Å². The van der Waals surface area contributed by atoms with Crippen molar-refractivity contribution in [3.8, 4) is 11.5 Å². The fourth-order valence-corrected chi connectivity index (χ4v) is 2.02. The zero-order valence-electron chi connectivity index (χ0n) is 9.15. The number of aromatic nitrogens is 1. The molecule has 18 heavy (non-hydrogen) atoms. The molecular weight excluding hydrogens is 255 g/mol. The van der Waals surface area contributed by atoms with Crippen LogP contribution >= 0.6 is 11.6 Å². The third-order valence-corrected chi connectivity index (χ3v) is 2.94. The molecular formula is C13H8ClFN2O. The Morgan fingerprint density at radius 1 is 1.17 bits per heavy atom. The van der Waals surface area contributed by atoms with Gasteiger partial charge in [0.2, 0.25) is 5.89 Å². The first kappa shape index (κ1) is 11.0. The Bertz CT molecular complexity index is 719. The van der Waals surface area contributed by atoms with Crippen molar-refractivity contribution in [2.45, 2.75) is 0 Å². The van der Waals surface area contributed by atoms with Gasteiger partial charge in [-0.1, -0.05) is 23.7 Å². The number of nitrogens with two attached hydrogens (primary N) is 1. The zero-order valence-corrected chi connectivity index (χ0v) is 9.91. The highest BCUT2D eigenvalue weighted by molar-refractivity contribution is 6.33. The quantitative estimate of drug-likeness (QED) is 0.677. The lowest BCUT2D eigenvalue weighted by molar-refractivity contribution is 0.594. The average molecular weight is 263 g/mol. The van der Waals surface area contributed by atoms with Crippen LogP contribution in [-0.4, -0.2) is 4.98 Å². The standard InChI is InChI=1S/C13H8ClFN2O/c14-7-3-1-4-8(15)11(7)13-17-12-9(16)5-2-6-10(12)18-13/h1-6H,16H2. The number of benzene rings is 2. The first-order valence-corrected chi connectivity index (χ1v) is 5.64. The number of rotatable bonds is 1. The van der Waals surface area contributed by atoms with Gasteiger partial charge in [-0.15, -0.1) is 0 Å². The highest BCUT2D eigenvalue weighted by Crippen LogP contribution is 2.33. The number of hydrogen-bond acceptors (Lipinski definition) is 3. The normalized spacial score (nSPS) is 11.0. The molecule has 0 fully saturated rings. The molecule has 0 atom stereocenters. The Labute approximate surface area is 107 Å². The van der Waals surface area contributed by atoms with Crippen LogP contribution in [0.5, 0.6) is 0 Å². The summed E-state index contributed by atoms with van der Waals surface area (Å²) in [6.07, 6.45) is 0. The molecule has 3 aromatic rings. The maximum atomic E-state index is 13.7. The minimum atomic E-state index is -0.479. The molecule has 90 valence electrons. The number of fused-ring (bicyclic) bond motifs is 1. The van der Waals surface area contributed by atoms with Crippen molar-refractivity contribution < 1.29 is 8.81 Å². The number of anilines is 1. The maximum absolute atomic E-state index is 13.7. The Balaban J connectivity index is 2.30. The Kier molecular flexibility index (Phi) is 2.45. The molecule has 1 aromatic heterocycles. The van der Waals surface area contributed by atoms with Gasteiger partial charge >= 0.3 is 0 Å². The minimum absolute atomic E-state index is 0.131. The van der Waals surface area contributed by atoms with Crippen LogP contribution in [0.3, 0.4) is 0 Å². The fraction of sp³-hybridized carbons (Fsp3) is 0. The van der Waals surface area contributed by atoms with Crippen molar-refractivity contribution >= 4 is 28.4 Å². The molecule has 0 unspecified atom stereocenters. The minimum Gasteiger partial charge on any atom is -0.436 e. The van der Waals surface area contributed by atoms with E-state index in [-0.39, 0.29) is 16.5 Å². The van der Waals surface area contributed by atoms with Crippen molar-refractivity contribution in [1.29, 1.82) is 0 Å². The van der Waals surface area contributed by atoms with Gasteiger partial charge in [-0.05, 0) is 24.3 Å². The topological polar surface area (TPSA) is 52.0 Å². The molecule has 0 saturated heterocycles. The van der Waals surface area contributed by atoms with Crippen LogP contribution < -0.4 is 5.73 Å². The van der Waals surface area contributed by atoms with Crippen molar-refractivity contribution in [2.24, 2.45) is 0 Å². The van der Waals surface area contributed by atoms with Crippen molar-refractivity contribution in [2.75, 3.05) is 5.73 Å². The van der Waals surface area contributed by atoms with Gasteiger partial charge in [-0.3, -0.25) is 0 Å². The van der Waals surface area contributed by atoms with Gasteiger partial charge in [0.1, 0.15) is 11.3 Å². The van der Waals surface area contributed by atoms with Gasteiger partial charge in [0.15, 0.2) is 5.58 Å². The van der Waals surface area contributed by atoms with Crippen molar-refractivity contribution in [1.82, 2.24) is 4.98 Å². The summed E-state index contributed by atoms with van der Waals surface area (Å²) in [4.78, 5) is 4.19. The van der Waals surface area contributed by atoms with Gasteiger partial charge in [-0.2, -0.15) is 0 Å². The van der Waals surface area contributed by atoms with E-state index in [0.29, 0.717) is 16.8 Å². The SMILES string of the molecule is Nc1cccc2oc(-c3c(F)cccc3Cl)nc12. The number of oxazole rings is 1. The van der Waals surface area contributed by atoms with Crippen molar-refractivity contribution in [3.63, 3.8) is 0 Å². The summed E-state index contributed by atoms with van der Waals surface area (Å²) in [6, 6.07) is 9.58. The van der Waals surface area contributed by atoms with Crippen LogP contribution in [0.1, 0.15) is 0 Å². The summed E-state index contributed by atoms with van der Waals surface area (Å²) in [5.74, 6) is -0.348. The highest BCUT2D eigenvalue weighted by atomic mass is 35.5. The second-order valence-corrected chi connectivity index (χ2v) is 4.22. The molecule has 0 aliphatic carbocycles. The second kappa shape index (κ2) is 3.99. The number of nitrogen functional groups attached to an aromatic ring is 1. The Morgan fingerprint density at radius 3 is 2.67 bits per heavy atom. The largest absolute Gasteiger partial charge is 0.436 e. The maximum Gasteiger partial charge on any atom is 0.231 e. The van der Waals surface area contributed by atoms with Crippen LogP contribution in [0, 0.1) is 5.82 Å². The van der Waals surface area contributed by atoms with Gasteiger partial charge < -0.3 is 10.2 Å². The number of para-hydroxylation sites is 1. The van der Waals surface area contributed by atoms with E-state index in [2.05, 4.69) is 4.98 Å². The van der Waals surface area contributed by atoms with Crippen LogP contribution in [0.25, 0.3) is 22.6 Å². The predicted octanol–water partition coefficient (Wildman–Crippen LogP) is 3.87. The van der Waals surface area contributed by atoms with E-state index in [1.54, 1.807) is 24.3 Å². The van der Waals surface area contributed by atoms with Gasteiger partial charge in [0.05, 0.1) is 16.3 Å². The lowest BCUT2D eigenvalue weighted by Gasteiger charge is -1.99. The molecule has 0 aliphatic rings. The molecule has 1 heterocycles. The molecule has 0 radical (unpaired) electrons. The van der Waals surface area contributed by atoms with Gasteiger partial charge in [0.25, 0.3) is 0 Å². The van der Waals surface area contributed by atoms with E-state index in [1.165, 1.54) is 12.1 Å². The molecule has 2 N–H and O–H groups in total. The molecule has 2 aromatic carbocycles. The number of hydrogen-bond donors (Lipinski definition) is 1. The average Bonchev–Trinajstić information content (AvgIpc) is 2.74. The van der Waals surface area contributed by atoms with Crippen molar-refractivity contribution in [3.05, 3.63) is 47.2 Å². The lowest BCUT2D eigenvalue weighted by Crippen LogP contribution is -1.87. The first-order valence-electron chi connectivity index (χ1n) is 5.26. The predicted molar refractivity (Wildman–Crippen MR) is 68.8 cm³/mol. The van der Waals surface area contributed by atoms with Crippen LogP contribution in [0.15, 0.2) is 40.8 Å². The molecule has 0 amide bonds. The van der Waals surface area contributed by atoms with E-state index in [9.17, 15) is 4.39 Å². The molecule has 3 rings (SSSR count). The summed E-state index contributed by atoms with van der Waals surface area (Å²) in [6.45, 7) is 0. The smallest absolute Gasteiger partial charge is 0.231 e. The summed E-state index contributed by atoms with van der Waals surface area (Å²) in [5.41, 5.74) is 7.41. The third-order valence-electron chi connectivity index (χ3n) is 2.63.